The standard InChI is InChI=1S/C21H20N6O3/c1-28-16-6-4-15(5-7-16)19-18(13-22)20(27-8-11-29-12-9-27)25-21(24-19)26-23-14-17-3-2-10-30-17/h2-7,10,14H,8-9,11-12H2,1H3,(H,24,25,26)/b23-14+. The van der Waals surface area contributed by atoms with Crippen LogP contribution in [0.5, 0.6) is 5.75 Å². The lowest BCUT2D eigenvalue weighted by Gasteiger charge is -2.29. The largest absolute Gasteiger partial charge is 0.497 e. The number of aromatic nitrogens is 2. The molecule has 0 bridgehead atoms. The molecule has 0 saturated carbocycles. The number of morpholine rings is 1. The number of hydrazone groups is 1. The van der Waals surface area contributed by atoms with E-state index < -0.39 is 0 Å². The van der Waals surface area contributed by atoms with Gasteiger partial charge in [0.25, 0.3) is 0 Å². The summed E-state index contributed by atoms with van der Waals surface area (Å²) in [5.74, 6) is 2.16. The van der Waals surface area contributed by atoms with Gasteiger partial charge in [-0.3, -0.25) is 0 Å². The highest BCUT2D eigenvalue weighted by molar-refractivity contribution is 5.77. The summed E-state index contributed by atoms with van der Waals surface area (Å²) in [5.41, 5.74) is 4.55. The Labute approximate surface area is 173 Å². The number of hydrogen-bond donors (Lipinski definition) is 1. The fourth-order valence-electron chi connectivity index (χ4n) is 3.08. The topological polar surface area (TPSA) is 109 Å². The summed E-state index contributed by atoms with van der Waals surface area (Å²) in [7, 11) is 1.61. The number of benzene rings is 1. The maximum Gasteiger partial charge on any atom is 0.246 e. The van der Waals surface area contributed by atoms with Crippen LogP contribution in [0.1, 0.15) is 11.3 Å². The maximum atomic E-state index is 9.91. The van der Waals surface area contributed by atoms with Crippen molar-refractivity contribution in [1.82, 2.24) is 9.97 Å². The van der Waals surface area contributed by atoms with Gasteiger partial charge in [0.1, 0.15) is 23.1 Å². The van der Waals surface area contributed by atoms with E-state index in [1.807, 2.05) is 29.2 Å². The zero-order chi connectivity index (χ0) is 20.8. The van der Waals surface area contributed by atoms with Crippen LogP contribution in [0.4, 0.5) is 11.8 Å². The average molecular weight is 404 g/mol. The molecule has 0 amide bonds. The second kappa shape index (κ2) is 9.07. The normalized spacial score (nSPS) is 13.9. The Kier molecular flexibility index (Phi) is 5.87. The van der Waals surface area contributed by atoms with Gasteiger partial charge in [0.2, 0.25) is 5.95 Å². The maximum absolute atomic E-state index is 9.91. The van der Waals surface area contributed by atoms with Crippen molar-refractivity contribution < 1.29 is 13.9 Å². The number of methoxy groups -OCH3 is 1. The van der Waals surface area contributed by atoms with Crippen molar-refractivity contribution in [2.24, 2.45) is 5.10 Å². The highest BCUT2D eigenvalue weighted by atomic mass is 16.5. The second-order valence-electron chi connectivity index (χ2n) is 6.42. The SMILES string of the molecule is COc1ccc(-c2nc(N/N=C/c3ccco3)nc(N3CCOCC3)c2C#N)cc1. The van der Waals surface area contributed by atoms with Gasteiger partial charge in [0.05, 0.1) is 38.5 Å². The fourth-order valence-corrected chi connectivity index (χ4v) is 3.08. The van der Waals surface area contributed by atoms with E-state index >= 15 is 0 Å². The van der Waals surface area contributed by atoms with E-state index in [0.29, 0.717) is 49.1 Å². The van der Waals surface area contributed by atoms with E-state index in [2.05, 4.69) is 26.6 Å². The minimum atomic E-state index is 0.282. The zero-order valence-corrected chi connectivity index (χ0v) is 16.4. The smallest absolute Gasteiger partial charge is 0.246 e. The number of ether oxygens (including phenoxy) is 2. The van der Waals surface area contributed by atoms with E-state index in [4.69, 9.17) is 13.9 Å². The fraction of sp³-hybridized carbons (Fsp3) is 0.238. The molecule has 9 nitrogen and oxygen atoms in total. The molecule has 0 unspecified atom stereocenters. The highest BCUT2D eigenvalue weighted by Crippen LogP contribution is 2.31. The first-order valence-corrected chi connectivity index (χ1v) is 9.40. The average Bonchev–Trinajstić information content (AvgIpc) is 3.33. The molecule has 0 spiro atoms. The molecular weight excluding hydrogens is 384 g/mol. The van der Waals surface area contributed by atoms with Crippen LogP contribution < -0.4 is 15.1 Å². The van der Waals surface area contributed by atoms with Gasteiger partial charge in [-0.05, 0) is 36.4 Å². The molecule has 0 radical (unpaired) electrons. The van der Waals surface area contributed by atoms with Gasteiger partial charge in [-0.15, -0.1) is 0 Å². The lowest BCUT2D eigenvalue weighted by Crippen LogP contribution is -2.37. The summed E-state index contributed by atoms with van der Waals surface area (Å²) in [4.78, 5) is 11.1. The minimum absolute atomic E-state index is 0.282. The van der Waals surface area contributed by atoms with Gasteiger partial charge in [0, 0.05) is 18.7 Å². The van der Waals surface area contributed by atoms with Crippen molar-refractivity contribution in [3.63, 3.8) is 0 Å². The van der Waals surface area contributed by atoms with Crippen molar-refractivity contribution in [1.29, 1.82) is 5.26 Å². The van der Waals surface area contributed by atoms with Crippen LogP contribution in [0.15, 0.2) is 52.2 Å². The van der Waals surface area contributed by atoms with Crippen LogP contribution in [0.3, 0.4) is 0 Å². The summed E-state index contributed by atoms with van der Waals surface area (Å²) >= 11 is 0. The Morgan fingerprint density at radius 3 is 2.67 bits per heavy atom. The first kappa shape index (κ1) is 19.4. The van der Waals surface area contributed by atoms with Crippen molar-refractivity contribution in [3.8, 4) is 23.1 Å². The predicted octanol–water partition coefficient (Wildman–Crippen LogP) is 2.90. The zero-order valence-electron chi connectivity index (χ0n) is 16.4. The first-order valence-electron chi connectivity index (χ1n) is 9.40. The Morgan fingerprint density at radius 1 is 1.20 bits per heavy atom. The van der Waals surface area contributed by atoms with E-state index in [0.717, 1.165) is 11.3 Å². The van der Waals surface area contributed by atoms with Gasteiger partial charge in [-0.1, -0.05) is 0 Å². The molecule has 1 saturated heterocycles. The molecule has 4 rings (SSSR count). The van der Waals surface area contributed by atoms with Crippen molar-refractivity contribution in [3.05, 3.63) is 54.0 Å². The van der Waals surface area contributed by atoms with E-state index in [1.165, 1.54) is 6.21 Å². The van der Waals surface area contributed by atoms with E-state index in [-0.39, 0.29) is 5.95 Å². The van der Waals surface area contributed by atoms with Gasteiger partial charge < -0.3 is 18.8 Å². The molecule has 2 aromatic heterocycles. The van der Waals surface area contributed by atoms with Crippen LogP contribution in [0.2, 0.25) is 0 Å². The predicted molar refractivity (Wildman–Crippen MR) is 112 cm³/mol. The molecule has 3 heterocycles. The van der Waals surface area contributed by atoms with Gasteiger partial charge in [0.15, 0.2) is 5.82 Å². The van der Waals surface area contributed by atoms with Crippen LogP contribution in [-0.4, -0.2) is 49.6 Å². The molecular formula is C21H20N6O3. The highest BCUT2D eigenvalue weighted by Gasteiger charge is 2.22. The second-order valence-corrected chi connectivity index (χ2v) is 6.42. The molecule has 30 heavy (non-hydrogen) atoms. The molecule has 1 aliphatic rings. The minimum Gasteiger partial charge on any atom is -0.497 e. The van der Waals surface area contributed by atoms with Crippen LogP contribution in [-0.2, 0) is 4.74 Å². The van der Waals surface area contributed by atoms with E-state index in [1.54, 1.807) is 25.5 Å². The molecule has 3 aromatic rings. The van der Waals surface area contributed by atoms with Gasteiger partial charge in [-0.25, -0.2) is 10.4 Å². The monoisotopic (exact) mass is 404 g/mol. The van der Waals surface area contributed by atoms with Crippen LogP contribution in [0.25, 0.3) is 11.3 Å². The van der Waals surface area contributed by atoms with Crippen LogP contribution in [0, 0.1) is 11.3 Å². The van der Waals surface area contributed by atoms with Gasteiger partial charge >= 0.3 is 0 Å². The Morgan fingerprint density at radius 2 is 2.00 bits per heavy atom. The lowest BCUT2D eigenvalue weighted by atomic mass is 10.1. The summed E-state index contributed by atoms with van der Waals surface area (Å²) in [6.45, 7) is 2.43. The van der Waals surface area contributed by atoms with Crippen LogP contribution >= 0.6 is 0 Å². The Balaban J connectivity index is 1.74. The number of nitriles is 1. The number of rotatable bonds is 6. The molecule has 1 N–H and O–H groups in total. The summed E-state index contributed by atoms with van der Waals surface area (Å²) in [6, 6.07) is 13.2. The van der Waals surface area contributed by atoms with E-state index in [9.17, 15) is 5.26 Å². The Hall–Kier alpha value is -3.90. The summed E-state index contributed by atoms with van der Waals surface area (Å²) < 4.78 is 15.9. The third kappa shape index (κ3) is 4.24. The molecule has 152 valence electrons. The number of nitrogens with one attached hydrogen (secondary N) is 1. The number of furan rings is 1. The molecule has 0 aliphatic carbocycles. The third-order valence-corrected chi connectivity index (χ3v) is 4.58. The first-order chi connectivity index (χ1) is 14.8. The lowest BCUT2D eigenvalue weighted by molar-refractivity contribution is 0.122. The summed E-state index contributed by atoms with van der Waals surface area (Å²) in [6.07, 6.45) is 3.10. The molecule has 1 fully saturated rings. The van der Waals surface area contributed by atoms with Gasteiger partial charge in [-0.2, -0.15) is 15.3 Å². The summed E-state index contributed by atoms with van der Waals surface area (Å²) in [5, 5.41) is 14.1. The quantitative estimate of drug-likeness (QED) is 0.493. The number of nitrogens with zero attached hydrogens (tertiary/aromatic N) is 5. The van der Waals surface area contributed by atoms with Crippen molar-refractivity contribution in [2.75, 3.05) is 43.7 Å². The van der Waals surface area contributed by atoms with Crippen molar-refractivity contribution in [2.45, 2.75) is 0 Å². The Bertz CT molecular complexity index is 1050. The number of hydrogen-bond acceptors (Lipinski definition) is 9. The molecule has 0 atom stereocenters. The molecule has 9 heteroatoms. The number of anilines is 2. The molecule has 1 aromatic carbocycles. The third-order valence-electron chi connectivity index (χ3n) is 4.58. The molecule has 1 aliphatic heterocycles. The van der Waals surface area contributed by atoms with Crippen molar-refractivity contribution >= 4 is 18.0 Å².